The van der Waals surface area contributed by atoms with Crippen LogP contribution < -0.4 is 16.8 Å². The molecule has 0 radical (unpaired) electrons. The van der Waals surface area contributed by atoms with Crippen molar-refractivity contribution < 1.29 is 9.90 Å². The number of aromatic nitrogens is 2. The van der Waals surface area contributed by atoms with Crippen LogP contribution in [-0.4, -0.2) is 20.8 Å². The van der Waals surface area contributed by atoms with E-state index in [1.807, 2.05) is 17.6 Å². The van der Waals surface area contributed by atoms with Crippen LogP contribution in [0.2, 0.25) is 0 Å². The third kappa shape index (κ3) is 2.92. The van der Waals surface area contributed by atoms with Crippen molar-refractivity contribution in [1.82, 2.24) is 15.2 Å². The fourth-order valence-corrected chi connectivity index (χ4v) is 1.86. The molecule has 0 fully saturated rings. The molecule has 110 valence electrons. The van der Waals surface area contributed by atoms with Crippen molar-refractivity contribution >= 4 is 5.91 Å². The number of hydrazine groups is 1. The number of amides is 1. The first-order valence-corrected chi connectivity index (χ1v) is 6.38. The van der Waals surface area contributed by atoms with Crippen molar-refractivity contribution in [2.45, 2.75) is 19.8 Å². The van der Waals surface area contributed by atoms with Crippen molar-refractivity contribution in [1.29, 1.82) is 0 Å². The van der Waals surface area contributed by atoms with Crippen LogP contribution in [0.15, 0.2) is 35.1 Å². The Kier molecular flexibility index (Phi) is 4.04. The van der Waals surface area contributed by atoms with Crippen molar-refractivity contribution in [2.75, 3.05) is 0 Å². The Morgan fingerprint density at radius 3 is 2.48 bits per heavy atom. The molecule has 7 nitrogen and oxygen atoms in total. The zero-order valence-electron chi connectivity index (χ0n) is 11.7. The number of carbonyl (C=O) groups excluding carboxylic acids is 1. The number of benzene rings is 1. The van der Waals surface area contributed by atoms with Crippen molar-refractivity contribution in [3.05, 3.63) is 51.9 Å². The lowest BCUT2D eigenvalue weighted by Crippen LogP contribution is -2.33. The summed E-state index contributed by atoms with van der Waals surface area (Å²) in [7, 11) is 0. The van der Waals surface area contributed by atoms with E-state index in [0.717, 1.165) is 16.3 Å². The summed E-state index contributed by atoms with van der Waals surface area (Å²) >= 11 is 0. The van der Waals surface area contributed by atoms with E-state index in [1.165, 1.54) is 0 Å². The largest absolute Gasteiger partial charge is 0.505 e. The Morgan fingerprint density at radius 1 is 1.33 bits per heavy atom. The molecule has 2 aromatic rings. The van der Waals surface area contributed by atoms with E-state index in [0.29, 0.717) is 11.6 Å². The average molecular weight is 288 g/mol. The fraction of sp³-hybridized carbons (Fsp3) is 0.214. The van der Waals surface area contributed by atoms with Crippen LogP contribution in [0.25, 0.3) is 5.69 Å². The van der Waals surface area contributed by atoms with Crippen molar-refractivity contribution in [3.63, 3.8) is 0 Å². The van der Waals surface area contributed by atoms with E-state index in [-0.39, 0.29) is 5.69 Å². The summed E-state index contributed by atoms with van der Waals surface area (Å²) in [6.07, 6.45) is 0. The highest BCUT2D eigenvalue weighted by Crippen LogP contribution is 2.17. The molecule has 1 heterocycles. The van der Waals surface area contributed by atoms with Gasteiger partial charge in [0.2, 0.25) is 0 Å². The first-order chi connectivity index (χ1) is 9.93. The molecule has 4 N–H and O–H groups in total. The lowest BCUT2D eigenvalue weighted by molar-refractivity contribution is 0.0943. The quantitative estimate of drug-likeness (QED) is 0.436. The number of nitrogen functional groups attached to an aromatic ring is 1. The normalized spacial score (nSPS) is 10.7. The molecule has 0 saturated carbocycles. The van der Waals surface area contributed by atoms with Crippen LogP contribution in [0.4, 0.5) is 0 Å². The zero-order chi connectivity index (χ0) is 15.6. The summed E-state index contributed by atoms with van der Waals surface area (Å²) in [5.74, 6) is 4.08. The third-order valence-corrected chi connectivity index (χ3v) is 3.06. The van der Waals surface area contributed by atoms with E-state index in [1.54, 1.807) is 12.1 Å². The summed E-state index contributed by atoms with van der Waals surface area (Å²) in [6, 6.07) is 8.14. The van der Waals surface area contributed by atoms with Gasteiger partial charge in [0.15, 0.2) is 11.4 Å². The summed E-state index contributed by atoms with van der Waals surface area (Å²) in [5, 5.41) is 13.4. The van der Waals surface area contributed by atoms with Crippen molar-refractivity contribution in [3.8, 4) is 11.4 Å². The van der Waals surface area contributed by atoms with Gasteiger partial charge in [0.05, 0.1) is 5.69 Å². The number of hydrogen-bond donors (Lipinski definition) is 3. The molecule has 7 heteroatoms. The van der Waals surface area contributed by atoms with Crippen LogP contribution in [-0.2, 0) is 0 Å². The molecule has 1 aromatic heterocycles. The van der Waals surface area contributed by atoms with Crippen LogP contribution in [0.1, 0.15) is 35.8 Å². The Hall–Kier alpha value is -2.67. The van der Waals surface area contributed by atoms with Crippen LogP contribution in [0.5, 0.6) is 5.75 Å². The van der Waals surface area contributed by atoms with E-state index < -0.39 is 17.2 Å². The number of nitrogens with zero attached hydrogens (tertiary/aromatic N) is 2. The molecule has 0 saturated heterocycles. The van der Waals surface area contributed by atoms with E-state index >= 15 is 0 Å². The Labute approximate surface area is 121 Å². The molecule has 0 aliphatic rings. The summed E-state index contributed by atoms with van der Waals surface area (Å²) < 4.78 is 1.04. The SMILES string of the molecule is CC(C)c1ccc(-n2nc(C(=O)NN)c(O)cc2=O)cc1. The molecule has 0 spiro atoms. The molecule has 1 aromatic carbocycles. The lowest BCUT2D eigenvalue weighted by atomic mass is 10.0. The lowest BCUT2D eigenvalue weighted by Gasteiger charge is -2.10. The predicted molar refractivity (Wildman–Crippen MR) is 77.2 cm³/mol. The number of nitrogens with two attached hydrogens (primary N) is 1. The van der Waals surface area contributed by atoms with Gasteiger partial charge in [-0.25, -0.2) is 5.84 Å². The fourth-order valence-electron chi connectivity index (χ4n) is 1.86. The number of carbonyl (C=O) groups is 1. The minimum Gasteiger partial charge on any atom is -0.505 e. The maximum absolute atomic E-state index is 11.9. The highest BCUT2D eigenvalue weighted by Gasteiger charge is 2.15. The summed E-state index contributed by atoms with van der Waals surface area (Å²) in [4.78, 5) is 23.4. The second kappa shape index (κ2) is 5.76. The number of rotatable bonds is 3. The monoisotopic (exact) mass is 288 g/mol. The van der Waals surface area contributed by atoms with Gasteiger partial charge in [0, 0.05) is 6.07 Å². The van der Waals surface area contributed by atoms with Gasteiger partial charge in [0.25, 0.3) is 11.5 Å². The predicted octanol–water partition coefficient (Wildman–Crippen LogP) is 0.665. The number of aromatic hydroxyl groups is 1. The van der Waals surface area contributed by atoms with Crippen LogP contribution in [0, 0.1) is 0 Å². The minimum atomic E-state index is -0.778. The van der Waals surface area contributed by atoms with Gasteiger partial charge >= 0.3 is 0 Å². The summed E-state index contributed by atoms with van der Waals surface area (Å²) in [5.41, 5.74) is 2.62. The van der Waals surface area contributed by atoms with Gasteiger partial charge in [-0.1, -0.05) is 26.0 Å². The smallest absolute Gasteiger partial charge is 0.289 e. The first-order valence-electron chi connectivity index (χ1n) is 6.38. The minimum absolute atomic E-state index is 0.315. The molecular formula is C14H16N4O3. The third-order valence-electron chi connectivity index (χ3n) is 3.06. The van der Waals surface area contributed by atoms with E-state index in [4.69, 9.17) is 5.84 Å². The van der Waals surface area contributed by atoms with Crippen molar-refractivity contribution in [2.24, 2.45) is 5.84 Å². The van der Waals surface area contributed by atoms with Gasteiger partial charge in [-0.15, -0.1) is 0 Å². The molecule has 2 rings (SSSR count). The molecule has 1 amide bonds. The highest BCUT2D eigenvalue weighted by atomic mass is 16.3. The van der Waals surface area contributed by atoms with Crippen LogP contribution in [0.3, 0.4) is 0 Å². The highest BCUT2D eigenvalue weighted by molar-refractivity contribution is 5.94. The van der Waals surface area contributed by atoms with E-state index in [2.05, 4.69) is 18.9 Å². The molecule has 0 bridgehead atoms. The van der Waals surface area contributed by atoms with Gasteiger partial charge in [0.1, 0.15) is 0 Å². The van der Waals surface area contributed by atoms with Gasteiger partial charge in [-0.2, -0.15) is 9.78 Å². The van der Waals surface area contributed by atoms with Gasteiger partial charge in [-0.05, 0) is 23.6 Å². The molecule has 0 aliphatic carbocycles. The van der Waals surface area contributed by atoms with Crippen LogP contribution >= 0.6 is 0 Å². The zero-order valence-corrected chi connectivity index (χ0v) is 11.7. The Balaban J connectivity index is 2.53. The molecule has 0 unspecified atom stereocenters. The molecule has 0 aliphatic heterocycles. The van der Waals surface area contributed by atoms with Gasteiger partial charge in [-0.3, -0.25) is 15.0 Å². The standard InChI is InChI=1S/C14H16N4O3/c1-8(2)9-3-5-10(6-4-9)18-12(20)7-11(19)13(17-18)14(21)16-15/h3-8,19H,15H2,1-2H3,(H,16,21). The second-order valence-electron chi connectivity index (χ2n) is 4.85. The Bertz CT molecular complexity index is 720. The van der Waals surface area contributed by atoms with E-state index in [9.17, 15) is 14.7 Å². The molecular weight excluding hydrogens is 272 g/mol. The summed E-state index contributed by atoms with van der Waals surface area (Å²) in [6.45, 7) is 4.12. The maximum atomic E-state index is 11.9. The number of hydrogen-bond acceptors (Lipinski definition) is 5. The topological polar surface area (TPSA) is 110 Å². The molecule has 0 atom stereocenters. The van der Waals surface area contributed by atoms with Gasteiger partial charge < -0.3 is 5.11 Å². The Morgan fingerprint density at radius 2 is 1.95 bits per heavy atom. The number of nitrogens with one attached hydrogen (secondary N) is 1. The maximum Gasteiger partial charge on any atom is 0.289 e. The average Bonchev–Trinajstić information content (AvgIpc) is 2.47. The first kappa shape index (κ1) is 14.7. The second-order valence-corrected chi connectivity index (χ2v) is 4.85. The molecule has 21 heavy (non-hydrogen) atoms.